The largest absolute Gasteiger partial charge is 4.00 e. The maximum Gasteiger partial charge on any atom is 4.00 e. The summed E-state index contributed by atoms with van der Waals surface area (Å²) in [7, 11) is 0.271. The zero-order chi connectivity index (χ0) is 24.4. The van der Waals surface area contributed by atoms with Crippen molar-refractivity contribution < 1.29 is 55.8 Å². The molecule has 1 aliphatic rings. The van der Waals surface area contributed by atoms with Crippen LogP contribution in [0.4, 0.5) is 0 Å². The number of hydrogen-bond donors (Lipinski definition) is 0. The van der Waals surface area contributed by atoms with Gasteiger partial charge in [-0.25, -0.2) is 5.57 Å². The summed E-state index contributed by atoms with van der Waals surface area (Å²) in [6, 6.07) is 26.8. The van der Waals surface area contributed by atoms with Gasteiger partial charge >= 0.3 is 26.2 Å². The molecule has 3 aromatic rings. The van der Waals surface area contributed by atoms with Crippen molar-refractivity contribution in [2.45, 2.75) is 41.5 Å². The van der Waals surface area contributed by atoms with Crippen molar-refractivity contribution in [1.29, 1.82) is 0 Å². The molecule has 1 aliphatic carbocycles. The van der Waals surface area contributed by atoms with Crippen LogP contribution in [0.1, 0.15) is 49.2 Å². The van der Waals surface area contributed by atoms with Crippen LogP contribution >= 0.6 is 0 Å². The first-order valence-electron chi connectivity index (χ1n) is 11.2. The fourth-order valence-corrected chi connectivity index (χ4v) is 4.77. The number of carbonyl (C=O) groups is 1. The van der Waals surface area contributed by atoms with Crippen molar-refractivity contribution in [2.75, 3.05) is 0 Å². The summed E-state index contributed by atoms with van der Waals surface area (Å²) in [4.78, 5) is 10.6. The number of allylic oxidation sites excluding steroid dienone is 4. The molecular formula is C30H34Cl2NOSiZr. The van der Waals surface area contributed by atoms with Gasteiger partial charge in [0.25, 0.3) is 0 Å². The van der Waals surface area contributed by atoms with Gasteiger partial charge < -0.3 is 35.3 Å². The van der Waals surface area contributed by atoms with Crippen LogP contribution in [0.5, 0.6) is 0 Å². The van der Waals surface area contributed by atoms with E-state index in [2.05, 4.69) is 94.4 Å². The van der Waals surface area contributed by atoms with Crippen LogP contribution in [0.3, 0.4) is 0 Å². The third kappa shape index (κ3) is 12.5. The van der Waals surface area contributed by atoms with Crippen molar-refractivity contribution in [1.82, 2.24) is 0 Å². The van der Waals surface area contributed by atoms with E-state index >= 15 is 0 Å². The minimum absolute atomic E-state index is 0. The zero-order valence-electron chi connectivity index (χ0n) is 21.8. The Hall–Kier alpha value is -1.71. The van der Waals surface area contributed by atoms with Crippen LogP contribution in [0.25, 0.3) is 5.73 Å². The maximum absolute atomic E-state index is 10.6. The number of hydrogen-bond acceptors (Lipinski definition) is 1. The molecule has 187 valence electrons. The van der Waals surface area contributed by atoms with E-state index in [4.69, 9.17) is 5.73 Å². The third-order valence-electron chi connectivity index (χ3n) is 5.65. The molecule has 0 heterocycles. The maximum atomic E-state index is 10.6. The molecule has 1 N–H and O–H groups in total. The first-order valence-corrected chi connectivity index (χ1v) is 12.4. The molecule has 6 heteroatoms. The van der Waals surface area contributed by atoms with Crippen molar-refractivity contribution in [3.8, 4) is 0 Å². The van der Waals surface area contributed by atoms with E-state index in [1.165, 1.54) is 27.1 Å². The smallest absolute Gasteiger partial charge is 1.00 e. The zero-order valence-corrected chi connectivity index (χ0v) is 26.9. The number of carbonyl (C=O) groups excluding carboxylic acids is 1. The molecule has 0 saturated carbocycles. The predicted molar refractivity (Wildman–Crippen MR) is 144 cm³/mol. The molecule has 1 unspecified atom stereocenters. The SMILES string of the molecule is CC1=[C-]C(C)C(C)=C1C.Cc1cc(C)cc(C([NH-])=O)c1.[Cl-].[Cl-].[Zr+4].c1ccc([SiH]c2ccccc2)cc1. The molecule has 36 heavy (non-hydrogen) atoms. The van der Waals surface area contributed by atoms with E-state index in [1.54, 1.807) is 12.1 Å². The van der Waals surface area contributed by atoms with Gasteiger partial charge in [-0.05, 0) is 19.4 Å². The van der Waals surface area contributed by atoms with E-state index in [0.29, 0.717) is 11.5 Å². The van der Waals surface area contributed by atoms with Gasteiger partial charge in [0.05, 0.1) is 5.91 Å². The van der Waals surface area contributed by atoms with Crippen LogP contribution in [-0.4, -0.2) is 15.4 Å². The Bertz CT molecular complexity index is 1070. The molecule has 4 rings (SSSR count). The van der Waals surface area contributed by atoms with Gasteiger partial charge in [0, 0.05) is 0 Å². The second-order valence-corrected chi connectivity index (χ2v) is 10.1. The van der Waals surface area contributed by atoms with E-state index in [1.807, 2.05) is 19.9 Å². The van der Waals surface area contributed by atoms with E-state index in [0.717, 1.165) is 11.1 Å². The molecule has 1 atom stereocenters. The Labute approximate surface area is 251 Å². The van der Waals surface area contributed by atoms with Crippen molar-refractivity contribution >= 4 is 25.8 Å². The minimum atomic E-state index is -0.614. The summed E-state index contributed by atoms with van der Waals surface area (Å²) < 4.78 is 0. The Morgan fingerprint density at radius 3 is 1.47 bits per heavy atom. The van der Waals surface area contributed by atoms with Crippen molar-refractivity contribution in [3.05, 3.63) is 124 Å². The quantitative estimate of drug-likeness (QED) is 0.309. The summed E-state index contributed by atoms with van der Waals surface area (Å²) >= 11 is 0. The first kappa shape index (κ1) is 36.4. The van der Waals surface area contributed by atoms with E-state index in [9.17, 15) is 4.79 Å². The first-order chi connectivity index (χ1) is 15.7. The van der Waals surface area contributed by atoms with Gasteiger partial charge in [-0.3, -0.25) is 6.08 Å². The van der Waals surface area contributed by atoms with Crippen molar-refractivity contribution in [3.63, 3.8) is 0 Å². The van der Waals surface area contributed by atoms with Gasteiger partial charge in [0.2, 0.25) is 0 Å². The van der Waals surface area contributed by atoms with Gasteiger partial charge in [-0.1, -0.05) is 127 Å². The Kier molecular flexibility index (Phi) is 18.8. The Balaban J connectivity index is 0. The second-order valence-electron chi connectivity index (χ2n) is 8.47. The number of aryl methyl sites for hydroxylation is 2. The summed E-state index contributed by atoms with van der Waals surface area (Å²) in [5.41, 5.74) is 13.6. The second kappa shape index (κ2) is 18.5. The number of nitrogens with one attached hydrogen (secondary N) is 1. The predicted octanol–water partition coefficient (Wildman–Crippen LogP) is 0.297. The van der Waals surface area contributed by atoms with E-state index < -0.39 is 5.91 Å². The van der Waals surface area contributed by atoms with Gasteiger partial charge in [0.15, 0.2) is 0 Å². The minimum Gasteiger partial charge on any atom is -1.00 e. The number of benzene rings is 3. The monoisotopic (exact) mass is 612 g/mol. The molecule has 1 amide bonds. The molecule has 3 aromatic carbocycles. The topological polar surface area (TPSA) is 40.9 Å². The third-order valence-corrected chi connectivity index (χ3v) is 7.09. The van der Waals surface area contributed by atoms with Crippen LogP contribution < -0.4 is 35.2 Å². The summed E-state index contributed by atoms with van der Waals surface area (Å²) in [6.07, 6.45) is 3.36. The molecule has 0 fully saturated rings. The summed E-state index contributed by atoms with van der Waals surface area (Å²) in [6.45, 7) is 12.5. The standard InChI is InChI=1S/C12H11Si.C9H11NO.C9H13.2ClH.Zr/c1-3-7-11(8-4-1)13-12-9-5-2-6-10-12;1-6-3-7(2)5-8(4-6)9(10)11;1-6-5-7(2)9(4)8(6)3;;;/h1-10,13H;3-5H,1-2H3,(H2,10,11);6H,1-4H3;2*1H;/q;;-1;;;+4/p-3. The van der Waals surface area contributed by atoms with E-state index in [-0.39, 0.29) is 60.5 Å². The number of halogens is 2. The van der Waals surface area contributed by atoms with Gasteiger partial charge in [-0.15, -0.1) is 6.92 Å². The Morgan fingerprint density at radius 2 is 1.19 bits per heavy atom. The summed E-state index contributed by atoms with van der Waals surface area (Å²) in [5.74, 6) is -0.0539. The molecule has 1 radical (unpaired) electrons. The Morgan fingerprint density at radius 1 is 0.778 bits per heavy atom. The molecule has 0 spiro atoms. The van der Waals surface area contributed by atoms with Crippen LogP contribution in [0.15, 0.2) is 95.6 Å². The van der Waals surface area contributed by atoms with Crippen LogP contribution in [-0.2, 0) is 26.2 Å². The van der Waals surface area contributed by atoms with Crippen LogP contribution in [0.2, 0.25) is 0 Å². The summed E-state index contributed by atoms with van der Waals surface area (Å²) in [5, 5.41) is 2.90. The normalized spacial score (nSPS) is 13.3. The molecular weight excluding hydrogens is 581 g/mol. The molecule has 0 bridgehead atoms. The number of rotatable bonds is 3. The fraction of sp³-hybridized carbons (Fsp3) is 0.233. The average molecular weight is 615 g/mol. The molecule has 0 aliphatic heterocycles. The molecule has 0 aromatic heterocycles. The van der Waals surface area contributed by atoms with Gasteiger partial charge in [0.1, 0.15) is 9.52 Å². The molecule has 2 nitrogen and oxygen atoms in total. The number of amides is 1. The van der Waals surface area contributed by atoms with Crippen LogP contribution in [0, 0.1) is 25.8 Å². The van der Waals surface area contributed by atoms with Gasteiger partial charge in [-0.2, -0.15) is 11.1 Å². The fourth-order valence-electron chi connectivity index (χ4n) is 3.56. The average Bonchev–Trinajstić information content (AvgIpc) is 3.01. The molecule has 0 saturated heterocycles. The van der Waals surface area contributed by atoms with Crippen molar-refractivity contribution in [2.24, 2.45) is 5.92 Å².